The van der Waals surface area contributed by atoms with Crippen LogP contribution in [0.1, 0.15) is 12.8 Å². The lowest BCUT2D eigenvalue weighted by Crippen LogP contribution is -2.48. The van der Waals surface area contributed by atoms with Gasteiger partial charge in [0.05, 0.1) is 5.60 Å². The summed E-state index contributed by atoms with van der Waals surface area (Å²) in [5.41, 5.74) is 9.90. The SMILES string of the molecule is NCC1(OCC(=O)NC(N)=O)CCOCC1. The van der Waals surface area contributed by atoms with Gasteiger partial charge in [-0.05, 0) is 0 Å². The Morgan fingerprint density at radius 2 is 2.00 bits per heavy atom. The molecule has 0 spiro atoms. The third-order valence-electron chi connectivity index (χ3n) is 2.55. The Morgan fingerprint density at radius 1 is 1.38 bits per heavy atom. The van der Waals surface area contributed by atoms with E-state index in [0.717, 1.165) is 0 Å². The molecule has 1 heterocycles. The van der Waals surface area contributed by atoms with Gasteiger partial charge in [0.25, 0.3) is 5.91 Å². The molecule has 0 radical (unpaired) electrons. The first kappa shape index (κ1) is 12.9. The second kappa shape index (κ2) is 5.78. The average molecular weight is 231 g/mol. The van der Waals surface area contributed by atoms with E-state index in [4.69, 9.17) is 20.9 Å². The molecule has 1 fully saturated rings. The molecule has 1 aliphatic heterocycles. The van der Waals surface area contributed by atoms with Gasteiger partial charge in [0.15, 0.2) is 0 Å². The van der Waals surface area contributed by atoms with Crippen molar-refractivity contribution in [1.29, 1.82) is 0 Å². The molecule has 0 aromatic carbocycles. The van der Waals surface area contributed by atoms with Gasteiger partial charge in [-0.1, -0.05) is 0 Å². The van der Waals surface area contributed by atoms with Gasteiger partial charge in [0, 0.05) is 32.6 Å². The molecule has 1 saturated heterocycles. The van der Waals surface area contributed by atoms with Crippen LogP contribution in [-0.2, 0) is 14.3 Å². The van der Waals surface area contributed by atoms with Crippen molar-refractivity contribution < 1.29 is 19.1 Å². The van der Waals surface area contributed by atoms with Gasteiger partial charge < -0.3 is 20.9 Å². The lowest BCUT2D eigenvalue weighted by atomic mass is 9.94. The summed E-state index contributed by atoms with van der Waals surface area (Å²) in [6, 6.07) is -0.887. The van der Waals surface area contributed by atoms with E-state index in [0.29, 0.717) is 32.6 Å². The second-order valence-corrected chi connectivity index (χ2v) is 3.70. The summed E-state index contributed by atoms with van der Waals surface area (Å²) in [5, 5.41) is 1.93. The lowest BCUT2D eigenvalue weighted by Gasteiger charge is -2.35. The number of nitrogens with two attached hydrogens (primary N) is 2. The van der Waals surface area contributed by atoms with Crippen molar-refractivity contribution in [3.63, 3.8) is 0 Å². The van der Waals surface area contributed by atoms with E-state index >= 15 is 0 Å². The number of hydrogen-bond donors (Lipinski definition) is 3. The van der Waals surface area contributed by atoms with Crippen LogP contribution < -0.4 is 16.8 Å². The average Bonchev–Trinajstić information content (AvgIpc) is 2.27. The summed E-state index contributed by atoms with van der Waals surface area (Å²) in [5.74, 6) is -0.563. The summed E-state index contributed by atoms with van der Waals surface area (Å²) in [6.45, 7) is 1.23. The number of carbonyl (C=O) groups excluding carboxylic acids is 2. The summed E-state index contributed by atoms with van der Waals surface area (Å²) < 4.78 is 10.6. The molecule has 7 nitrogen and oxygen atoms in total. The minimum atomic E-state index is -0.887. The molecule has 7 heteroatoms. The fourth-order valence-corrected chi connectivity index (χ4v) is 1.54. The van der Waals surface area contributed by atoms with Crippen molar-refractivity contribution in [2.24, 2.45) is 11.5 Å². The van der Waals surface area contributed by atoms with Crippen molar-refractivity contribution >= 4 is 11.9 Å². The molecule has 16 heavy (non-hydrogen) atoms. The minimum Gasteiger partial charge on any atom is -0.381 e. The van der Waals surface area contributed by atoms with Gasteiger partial charge in [-0.3, -0.25) is 10.1 Å². The number of rotatable bonds is 4. The molecular weight excluding hydrogens is 214 g/mol. The molecule has 0 unspecified atom stereocenters. The second-order valence-electron chi connectivity index (χ2n) is 3.70. The van der Waals surface area contributed by atoms with Gasteiger partial charge >= 0.3 is 6.03 Å². The summed E-state index contributed by atoms with van der Waals surface area (Å²) >= 11 is 0. The largest absolute Gasteiger partial charge is 0.381 e. The van der Waals surface area contributed by atoms with Gasteiger partial charge in [0.1, 0.15) is 6.61 Å². The quantitative estimate of drug-likeness (QED) is 0.556. The maximum atomic E-state index is 11.1. The van der Waals surface area contributed by atoms with Gasteiger partial charge in [-0.25, -0.2) is 4.79 Å². The van der Waals surface area contributed by atoms with Gasteiger partial charge in [-0.15, -0.1) is 0 Å². The van der Waals surface area contributed by atoms with E-state index in [1.807, 2.05) is 5.32 Å². The van der Waals surface area contributed by atoms with Crippen molar-refractivity contribution in [3.05, 3.63) is 0 Å². The number of urea groups is 1. The predicted octanol–water partition coefficient (Wildman–Crippen LogP) is -1.29. The Bertz CT molecular complexity index is 263. The van der Waals surface area contributed by atoms with Crippen LogP contribution in [0.25, 0.3) is 0 Å². The van der Waals surface area contributed by atoms with E-state index in [1.54, 1.807) is 0 Å². The summed E-state index contributed by atoms with van der Waals surface area (Å²) in [7, 11) is 0. The Kier molecular flexibility index (Phi) is 4.66. The van der Waals surface area contributed by atoms with Gasteiger partial charge in [-0.2, -0.15) is 0 Å². The van der Waals surface area contributed by atoms with E-state index in [2.05, 4.69) is 0 Å². The van der Waals surface area contributed by atoms with Crippen LogP contribution in [0.4, 0.5) is 4.79 Å². The van der Waals surface area contributed by atoms with Gasteiger partial charge in [0.2, 0.25) is 0 Å². The molecule has 0 saturated carbocycles. The molecular formula is C9H17N3O4. The minimum absolute atomic E-state index is 0.222. The van der Waals surface area contributed by atoms with Crippen molar-refractivity contribution in [1.82, 2.24) is 5.32 Å². The molecule has 5 N–H and O–H groups in total. The number of hydrogen-bond acceptors (Lipinski definition) is 5. The number of imide groups is 1. The van der Waals surface area contributed by atoms with Crippen LogP contribution in [-0.4, -0.2) is 43.9 Å². The molecule has 0 bridgehead atoms. The summed E-state index contributed by atoms with van der Waals surface area (Å²) in [6.07, 6.45) is 1.29. The number of carbonyl (C=O) groups is 2. The van der Waals surface area contributed by atoms with E-state index in [9.17, 15) is 9.59 Å². The molecule has 1 rings (SSSR count). The van der Waals surface area contributed by atoms with Crippen LogP contribution in [0.3, 0.4) is 0 Å². The molecule has 0 atom stereocenters. The Balaban J connectivity index is 2.38. The van der Waals surface area contributed by atoms with E-state index in [-0.39, 0.29) is 6.61 Å². The molecule has 0 aliphatic carbocycles. The van der Waals surface area contributed by atoms with Crippen LogP contribution >= 0.6 is 0 Å². The maximum Gasteiger partial charge on any atom is 0.318 e. The van der Waals surface area contributed by atoms with Crippen molar-refractivity contribution in [3.8, 4) is 0 Å². The van der Waals surface area contributed by atoms with Crippen LogP contribution in [0.15, 0.2) is 0 Å². The Labute approximate surface area is 93.4 Å². The number of nitrogens with one attached hydrogen (secondary N) is 1. The highest BCUT2D eigenvalue weighted by atomic mass is 16.5. The number of ether oxygens (including phenoxy) is 2. The Morgan fingerprint density at radius 3 is 2.50 bits per heavy atom. The van der Waals surface area contributed by atoms with Crippen LogP contribution in [0, 0.1) is 0 Å². The topological polar surface area (TPSA) is 117 Å². The molecule has 3 amide bonds. The zero-order valence-corrected chi connectivity index (χ0v) is 9.03. The van der Waals surface area contributed by atoms with Crippen LogP contribution in [0.5, 0.6) is 0 Å². The normalized spacial score (nSPS) is 19.1. The standard InChI is InChI=1S/C9H17N3O4/c10-6-9(1-3-15-4-2-9)16-5-7(13)12-8(11)14/h1-6,10H2,(H3,11,12,13,14). The molecule has 0 aromatic rings. The molecule has 1 aliphatic rings. The number of primary amides is 1. The smallest absolute Gasteiger partial charge is 0.318 e. The van der Waals surface area contributed by atoms with E-state index in [1.165, 1.54) is 0 Å². The Hall–Kier alpha value is -1.18. The third-order valence-corrected chi connectivity index (χ3v) is 2.55. The van der Waals surface area contributed by atoms with Crippen LogP contribution in [0.2, 0.25) is 0 Å². The fraction of sp³-hybridized carbons (Fsp3) is 0.778. The zero-order chi connectivity index (χ0) is 12.0. The fourth-order valence-electron chi connectivity index (χ4n) is 1.54. The first-order valence-corrected chi connectivity index (χ1v) is 5.09. The highest BCUT2D eigenvalue weighted by Crippen LogP contribution is 2.23. The lowest BCUT2D eigenvalue weighted by molar-refractivity contribution is -0.140. The zero-order valence-electron chi connectivity index (χ0n) is 9.03. The van der Waals surface area contributed by atoms with Crippen molar-refractivity contribution in [2.45, 2.75) is 18.4 Å². The first-order chi connectivity index (χ1) is 7.58. The summed E-state index contributed by atoms with van der Waals surface area (Å²) in [4.78, 5) is 21.5. The first-order valence-electron chi connectivity index (χ1n) is 5.09. The maximum absolute atomic E-state index is 11.1. The predicted molar refractivity (Wildman–Crippen MR) is 55.5 cm³/mol. The van der Waals surface area contributed by atoms with Crippen molar-refractivity contribution in [2.75, 3.05) is 26.4 Å². The highest BCUT2D eigenvalue weighted by molar-refractivity contribution is 5.94. The monoisotopic (exact) mass is 231 g/mol. The van der Waals surface area contributed by atoms with E-state index < -0.39 is 17.5 Å². The number of amides is 3. The molecule has 0 aromatic heterocycles. The highest BCUT2D eigenvalue weighted by Gasteiger charge is 2.32. The molecule has 92 valence electrons. The third kappa shape index (κ3) is 3.76.